The molecule has 0 amide bonds. The van der Waals surface area contributed by atoms with Gasteiger partial charge in [0, 0.05) is 24.3 Å². The van der Waals surface area contributed by atoms with E-state index in [1.54, 1.807) is 11.8 Å². The molecule has 3 N–H and O–H groups in total. The minimum absolute atomic E-state index is 0.302. The van der Waals surface area contributed by atoms with Crippen molar-refractivity contribution in [1.29, 1.82) is 0 Å². The van der Waals surface area contributed by atoms with Gasteiger partial charge in [-0.1, -0.05) is 13.8 Å². The standard InChI is InChI=1S/C11H21N5S/c1-8(2)11-13-9(15-12)7-10(14-11)17-6-5-16(3)4/h7-8H,5-6,12H2,1-4H3,(H,13,14,15). The Balaban J connectivity index is 2.73. The molecule has 0 aliphatic rings. The Labute approximate surface area is 107 Å². The fourth-order valence-electron chi connectivity index (χ4n) is 1.18. The lowest BCUT2D eigenvalue weighted by Crippen LogP contribution is -2.15. The third kappa shape index (κ3) is 4.89. The molecule has 0 radical (unpaired) electrons. The molecule has 0 atom stereocenters. The summed E-state index contributed by atoms with van der Waals surface area (Å²) in [4.78, 5) is 11.0. The largest absolute Gasteiger partial charge is 0.309 e. The van der Waals surface area contributed by atoms with E-state index >= 15 is 0 Å². The Morgan fingerprint density at radius 2 is 2.12 bits per heavy atom. The lowest BCUT2D eigenvalue weighted by Gasteiger charge is -2.11. The van der Waals surface area contributed by atoms with E-state index in [0.29, 0.717) is 11.7 Å². The fraction of sp³-hybridized carbons (Fsp3) is 0.636. The van der Waals surface area contributed by atoms with Crippen LogP contribution < -0.4 is 11.3 Å². The second kappa shape index (κ2) is 6.78. The van der Waals surface area contributed by atoms with Crippen molar-refractivity contribution in [3.05, 3.63) is 11.9 Å². The zero-order chi connectivity index (χ0) is 12.8. The number of aromatic nitrogens is 2. The van der Waals surface area contributed by atoms with E-state index in [1.807, 2.05) is 6.07 Å². The van der Waals surface area contributed by atoms with Crippen molar-refractivity contribution in [3.8, 4) is 0 Å². The van der Waals surface area contributed by atoms with Gasteiger partial charge in [0.25, 0.3) is 0 Å². The van der Waals surface area contributed by atoms with Crippen molar-refractivity contribution in [2.24, 2.45) is 5.84 Å². The van der Waals surface area contributed by atoms with Gasteiger partial charge in [0.2, 0.25) is 0 Å². The summed E-state index contributed by atoms with van der Waals surface area (Å²) in [5, 5.41) is 0.971. The maximum atomic E-state index is 5.41. The first-order valence-corrected chi connectivity index (χ1v) is 6.64. The molecule has 0 fully saturated rings. The molecule has 1 rings (SSSR count). The first-order chi connectivity index (χ1) is 8.02. The summed E-state index contributed by atoms with van der Waals surface area (Å²) in [6.45, 7) is 5.17. The molecule has 6 heteroatoms. The average molecular weight is 255 g/mol. The van der Waals surface area contributed by atoms with E-state index in [0.717, 1.165) is 23.1 Å². The molecule has 0 aromatic carbocycles. The van der Waals surface area contributed by atoms with Gasteiger partial charge in [-0.25, -0.2) is 15.8 Å². The van der Waals surface area contributed by atoms with Crippen LogP contribution in [0.25, 0.3) is 0 Å². The van der Waals surface area contributed by atoms with E-state index in [1.165, 1.54) is 0 Å². The van der Waals surface area contributed by atoms with Crippen LogP contribution in [0.15, 0.2) is 11.1 Å². The maximum Gasteiger partial charge on any atom is 0.144 e. The second-order valence-electron chi connectivity index (χ2n) is 4.40. The Kier molecular flexibility index (Phi) is 5.67. The van der Waals surface area contributed by atoms with E-state index < -0.39 is 0 Å². The highest BCUT2D eigenvalue weighted by Gasteiger charge is 2.08. The summed E-state index contributed by atoms with van der Waals surface area (Å²) in [5.41, 5.74) is 2.59. The van der Waals surface area contributed by atoms with Crippen molar-refractivity contribution in [1.82, 2.24) is 14.9 Å². The number of nitrogens with zero attached hydrogens (tertiary/aromatic N) is 3. The van der Waals surface area contributed by atoms with Crippen LogP contribution in [0.4, 0.5) is 5.82 Å². The molecule has 0 aliphatic carbocycles. The lowest BCUT2D eigenvalue weighted by molar-refractivity contribution is 0.437. The van der Waals surface area contributed by atoms with E-state index in [-0.39, 0.29) is 0 Å². The van der Waals surface area contributed by atoms with E-state index in [2.05, 4.69) is 48.2 Å². The van der Waals surface area contributed by atoms with Gasteiger partial charge in [-0.15, -0.1) is 11.8 Å². The zero-order valence-electron chi connectivity index (χ0n) is 10.9. The van der Waals surface area contributed by atoms with E-state index in [4.69, 9.17) is 5.84 Å². The minimum atomic E-state index is 0.302. The number of nitrogen functional groups attached to an aromatic ring is 1. The Morgan fingerprint density at radius 1 is 1.41 bits per heavy atom. The zero-order valence-corrected chi connectivity index (χ0v) is 11.7. The van der Waals surface area contributed by atoms with Crippen LogP contribution in [0.3, 0.4) is 0 Å². The molecule has 0 aliphatic heterocycles. The number of anilines is 1. The van der Waals surface area contributed by atoms with Crippen molar-refractivity contribution in [2.45, 2.75) is 24.8 Å². The quantitative estimate of drug-likeness (QED) is 0.348. The molecule has 17 heavy (non-hydrogen) atoms. The molecular weight excluding hydrogens is 234 g/mol. The number of thioether (sulfide) groups is 1. The van der Waals surface area contributed by atoms with Gasteiger partial charge >= 0.3 is 0 Å². The van der Waals surface area contributed by atoms with Gasteiger partial charge in [0.1, 0.15) is 16.7 Å². The normalized spacial score (nSPS) is 11.2. The molecule has 1 aromatic rings. The molecule has 1 aromatic heterocycles. The number of nitrogens with one attached hydrogen (secondary N) is 1. The SMILES string of the molecule is CC(C)c1nc(NN)cc(SCCN(C)C)n1. The monoisotopic (exact) mass is 255 g/mol. The van der Waals surface area contributed by atoms with Crippen LogP contribution in [0.1, 0.15) is 25.6 Å². The molecule has 96 valence electrons. The van der Waals surface area contributed by atoms with E-state index in [9.17, 15) is 0 Å². The molecule has 0 spiro atoms. The number of nitrogens with two attached hydrogens (primary N) is 1. The van der Waals surface area contributed by atoms with Gasteiger partial charge < -0.3 is 10.3 Å². The van der Waals surface area contributed by atoms with Crippen LogP contribution in [0, 0.1) is 0 Å². The van der Waals surface area contributed by atoms with Gasteiger partial charge in [0.15, 0.2) is 0 Å². The van der Waals surface area contributed by atoms with Crippen molar-refractivity contribution < 1.29 is 0 Å². The fourth-order valence-corrected chi connectivity index (χ4v) is 2.20. The third-order valence-electron chi connectivity index (χ3n) is 2.17. The highest BCUT2D eigenvalue weighted by atomic mass is 32.2. The Hall–Kier alpha value is -0.850. The number of hydrogen-bond donors (Lipinski definition) is 2. The van der Waals surface area contributed by atoms with Gasteiger partial charge in [0.05, 0.1) is 0 Å². The van der Waals surface area contributed by atoms with Crippen LogP contribution in [-0.2, 0) is 0 Å². The molecule has 0 saturated heterocycles. The molecule has 0 bridgehead atoms. The van der Waals surface area contributed by atoms with Gasteiger partial charge in [-0.2, -0.15) is 0 Å². The molecule has 5 nitrogen and oxygen atoms in total. The van der Waals surface area contributed by atoms with Crippen molar-refractivity contribution in [3.63, 3.8) is 0 Å². The lowest BCUT2D eigenvalue weighted by atomic mass is 10.2. The number of hydrazine groups is 1. The smallest absolute Gasteiger partial charge is 0.144 e. The summed E-state index contributed by atoms with van der Waals surface area (Å²) < 4.78 is 0. The first-order valence-electron chi connectivity index (χ1n) is 5.66. The molecule has 0 unspecified atom stereocenters. The van der Waals surface area contributed by atoms with Crippen molar-refractivity contribution >= 4 is 17.6 Å². The van der Waals surface area contributed by atoms with Gasteiger partial charge in [-0.3, -0.25) is 0 Å². The average Bonchev–Trinajstić information content (AvgIpc) is 2.28. The minimum Gasteiger partial charge on any atom is -0.309 e. The van der Waals surface area contributed by atoms with Crippen LogP contribution in [0.5, 0.6) is 0 Å². The maximum absolute atomic E-state index is 5.41. The first kappa shape index (κ1) is 14.2. The summed E-state index contributed by atoms with van der Waals surface area (Å²) in [5.74, 6) is 8.22. The summed E-state index contributed by atoms with van der Waals surface area (Å²) in [6.07, 6.45) is 0. The Morgan fingerprint density at radius 3 is 2.65 bits per heavy atom. The van der Waals surface area contributed by atoms with Crippen molar-refractivity contribution in [2.75, 3.05) is 31.8 Å². The van der Waals surface area contributed by atoms with Crippen LogP contribution >= 0.6 is 11.8 Å². The number of rotatable bonds is 6. The predicted octanol–water partition coefficient (Wildman–Crippen LogP) is 1.54. The highest BCUT2D eigenvalue weighted by Crippen LogP contribution is 2.21. The Bertz CT molecular complexity index is 354. The second-order valence-corrected chi connectivity index (χ2v) is 5.52. The van der Waals surface area contributed by atoms with Crippen LogP contribution in [0.2, 0.25) is 0 Å². The number of hydrogen-bond acceptors (Lipinski definition) is 6. The summed E-state index contributed by atoms with van der Waals surface area (Å²) in [6, 6.07) is 1.88. The predicted molar refractivity (Wildman–Crippen MR) is 73.2 cm³/mol. The molecule has 0 saturated carbocycles. The van der Waals surface area contributed by atoms with Crippen LogP contribution in [-0.4, -0.2) is 41.3 Å². The topological polar surface area (TPSA) is 67.1 Å². The molecule has 1 heterocycles. The highest BCUT2D eigenvalue weighted by molar-refractivity contribution is 7.99. The third-order valence-corrected chi connectivity index (χ3v) is 3.06. The summed E-state index contributed by atoms with van der Waals surface area (Å²) >= 11 is 1.72. The molecular formula is C11H21N5S. The van der Waals surface area contributed by atoms with Gasteiger partial charge in [-0.05, 0) is 14.1 Å². The summed E-state index contributed by atoms with van der Waals surface area (Å²) in [7, 11) is 4.12.